The number of ether oxygens (including phenoxy) is 1. The Balaban J connectivity index is 2.66. The maximum Gasteiger partial charge on any atom is 0.191 e. The molecule has 0 spiro atoms. The fourth-order valence-electron chi connectivity index (χ4n) is 2.96. The third-order valence-electron chi connectivity index (χ3n) is 4.94. The fraction of sp³-hybridized carbons (Fsp3) is 0.650. The molecule has 0 aliphatic heterocycles. The largest absolute Gasteiger partial charge is 0.496 e. The first-order chi connectivity index (χ1) is 12.1. The smallest absolute Gasteiger partial charge is 0.191 e. The predicted molar refractivity (Wildman–Crippen MR) is 105 cm³/mol. The second kappa shape index (κ2) is 11.7. The van der Waals surface area contributed by atoms with Crippen molar-refractivity contribution < 1.29 is 9.84 Å². The van der Waals surface area contributed by atoms with E-state index in [1.165, 1.54) is 5.56 Å². The van der Waals surface area contributed by atoms with Crippen molar-refractivity contribution in [2.75, 3.05) is 33.4 Å². The average Bonchev–Trinajstić information content (AvgIpc) is 2.65. The molecule has 0 heterocycles. The van der Waals surface area contributed by atoms with Gasteiger partial charge in [0.15, 0.2) is 5.96 Å². The molecular formula is C20H35N3O2. The molecular weight excluding hydrogens is 314 g/mol. The third-order valence-corrected chi connectivity index (χ3v) is 4.94. The summed E-state index contributed by atoms with van der Waals surface area (Å²) in [7, 11) is 1.70. The summed E-state index contributed by atoms with van der Waals surface area (Å²) in [5.74, 6) is 1.76. The Morgan fingerprint density at radius 3 is 2.48 bits per heavy atom. The van der Waals surface area contributed by atoms with E-state index in [4.69, 9.17) is 9.73 Å². The zero-order valence-electron chi connectivity index (χ0n) is 16.3. The molecule has 1 aromatic rings. The molecule has 0 amide bonds. The normalized spacial score (nSPS) is 12.1. The Morgan fingerprint density at radius 2 is 1.88 bits per heavy atom. The number of aliphatic imine (C=N–C) groups is 1. The molecule has 0 radical (unpaired) electrons. The van der Waals surface area contributed by atoms with Crippen LogP contribution in [-0.4, -0.2) is 44.4 Å². The van der Waals surface area contributed by atoms with Crippen LogP contribution in [0.3, 0.4) is 0 Å². The number of hydrogen-bond donors (Lipinski definition) is 3. The molecule has 1 rings (SSSR count). The number of aliphatic hydroxyl groups excluding tert-OH is 1. The lowest BCUT2D eigenvalue weighted by Gasteiger charge is -2.29. The Hall–Kier alpha value is -1.75. The average molecular weight is 350 g/mol. The van der Waals surface area contributed by atoms with Gasteiger partial charge in [-0.05, 0) is 49.7 Å². The Morgan fingerprint density at radius 1 is 1.16 bits per heavy atom. The molecule has 0 saturated heterocycles. The van der Waals surface area contributed by atoms with Crippen LogP contribution in [0.25, 0.3) is 0 Å². The van der Waals surface area contributed by atoms with Crippen molar-refractivity contribution in [3.05, 3.63) is 29.8 Å². The van der Waals surface area contributed by atoms with Gasteiger partial charge in [0.25, 0.3) is 0 Å². The summed E-state index contributed by atoms with van der Waals surface area (Å²) >= 11 is 0. The summed E-state index contributed by atoms with van der Waals surface area (Å²) in [6, 6.07) is 8.09. The van der Waals surface area contributed by atoms with Gasteiger partial charge >= 0.3 is 0 Å². The highest BCUT2D eigenvalue weighted by molar-refractivity contribution is 5.79. The Kier molecular flexibility index (Phi) is 10.0. The van der Waals surface area contributed by atoms with Crippen LogP contribution in [0.2, 0.25) is 0 Å². The van der Waals surface area contributed by atoms with E-state index < -0.39 is 0 Å². The summed E-state index contributed by atoms with van der Waals surface area (Å²) in [6.07, 6.45) is 3.71. The van der Waals surface area contributed by atoms with E-state index in [9.17, 15) is 5.11 Å². The lowest BCUT2D eigenvalue weighted by atomic mass is 9.79. The molecule has 3 N–H and O–H groups in total. The monoisotopic (exact) mass is 349 g/mol. The standard InChI is InChI=1S/C20H35N3O2/c1-5-20(6-2,13-15-24)16-23-19(21-7-3)22-14-12-17-10-8-9-11-18(17)25-4/h8-11,24H,5-7,12-16H2,1-4H3,(H2,21,22,23). The van der Waals surface area contributed by atoms with Crippen molar-refractivity contribution in [2.24, 2.45) is 10.4 Å². The van der Waals surface area contributed by atoms with Crippen molar-refractivity contribution in [3.8, 4) is 5.75 Å². The van der Waals surface area contributed by atoms with Gasteiger partial charge in [-0.2, -0.15) is 0 Å². The van der Waals surface area contributed by atoms with Crippen LogP contribution < -0.4 is 15.4 Å². The van der Waals surface area contributed by atoms with Crippen molar-refractivity contribution >= 4 is 5.96 Å². The number of benzene rings is 1. The van der Waals surface area contributed by atoms with Gasteiger partial charge < -0.3 is 20.5 Å². The number of methoxy groups -OCH3 is 1. The first-order valence-electron chi connectivity index (χ1n) is 9.39. The lowest BCUT2D eigenvalue weighted by Crippen LogP contribution is -2.39. The number of rotatable bonds is 11. The Labute approximate surface area is 152 Å². The second-order valence-corrected chi connectivity index (χ2v) is 6.36. The van der Waals surface area contributed by atoms with Crippen LogP contribution in [0.15, 0.2) is 29.3 Å². The van der Waals surface area contributed by atoms with Crippen LogP contribution in [0.4, 0.5) is 0 Å². The van der Waals surface area contributed by atoms with Gasteiger partial charge in [-0.25, -0.2) is 0 Å². The van der Waals surface area contributed by atoms with Crippen molar-refractivity contribution in [1.29, 1.82) is 0 Å². The molecule has 0 atom stereocenters. The van der Waals surface area contributed by atoms with Crippen LogP contribution in [-0.2, 0) is 6.42 Å². The highest BCUT2D eigenvalue weighted by atomic mass is 16.5. The minimum Gasteiger partial charge on any atom is -0.496 e. The number of aliphatic hydroxyl groups is 1. The van der Waals surface area contributed by atoms with Crippen molar-refractivity contribution in [1.82, 2.24) is 10.6 Å². The van der Waals surface area contributed by atoms with Crippen LogP contribution in [0.5, 0.6) is 5.75 Å². The maximum absolute atomic E-state index is 9.36. The SMILES string of the molecule is CCNC(=NCC(CC)(CC)CCO)NCCc1ccccc1OC. The molecule has 25 heavy (non-hydrogen) atoms. The van der Waals surface area contributed by atoms with Crippen LogP contribution in [0.1, 0.15) is 45.6 Å². The van der Waals surface area contributed by atoms with Crippen molar-refractivity contribution in [3.63, 3.8) is 0 Å². The van der Waals surface area contributed by atoms with E-state index in [1.54, 1.807) is 7.11 Å². The lowest BCUT2D eigenvalue weighted by molar-refractivity contribution is 0.175. The highest BCUT2D eigenvalue weighted by Crippen LogP contribution is 2.30. The predicted octanol–water partition coefficient (Wildman–Crippen LogP) is 2.98. The van der Waals surface area contributed by atoms with Crippen molar-refractivity contribution in [2.45, 2.75) is 46.5 Å². The van der Waals surface area contributed by atoms with E-state index in [0.29, 0.717) is 0 Å². The summed E-state index contributed by atoms with van der Waals surface area (Å²) in [5.41, 5.74) is 1.27. The Bertz CT molecular complexity index is 513. The van der Waals surface area contributed by atoms with Crippen LogP contribution >= 0.6 is 0 Å². The molecule has 0 bridgehead atoms. The molecule has 0 aromatic heterocycles. The van der Waals surface area contributed by atoms with Gasteiger partial charge in [0.05, 0.1) is 7.11 Å². The molecule has 0 saturated carbocycles. The number of para-hydroxylation sites is 1. The summed E-state index contributed by atoms with van der Waals surface area (Å²) in [5, 5.41) is 16.1. The highest BCUT2D eigenvalue weighted by Gasteiger charge is 2.25. The minimum atomic E-state index is 0.0831. The number of nitrogens with zero attached hydrogens (tertiary/aromatic N) is 1. The van der Waals surface area contributed by atoms with E-state index in [-0.39, 0.29) is 12.0 Å². The molecule has 5 nitrogen and oxygen atoms in total. The van der Waals surface area contributed by atoms with E-state index in [2.05, 4.69) is 37.5 Å². The molecule has 0 aliphatic carbocycles. The fourth-order valence-corrected chi connectivity index (χ4v) is 2.96. The molecule has 0 fully saturated rings. The van der Waals surface area contributed by atoms with Gasteiger partial charge in [-0.1, -0.05) is 32.0 Å². The maximum atomic E-state index is 9.36. The molecule has 142 valence electrons. The minimum absolute atomic E-state index is 0.0831. The van der Waals surface area contributed by atoms with E-state index in [1.807, 2.05) is 18.2 Å². The summed E-state index contributed by atoms with van der Waals surface area (Å²) in [4.78, 5) is 4.77. The van der Waals surface area contributed by atoms with Crippen LogP contribution in [0, 0.1) is 5.41 Å². The number of nitrogens with one attached hydrogen (secondary N) is 2. The van der Waals surface area contributed by atoms with E-state index in [0.717, 1.165) is 57.0 Å². The molecule has 1 aromatic carbocycles. The quantitative estimate of drug-likeness (QED) is 0.424. The molecule has 5 heteroatoms. The van der Waals surface area contributed by atoms with E-state index >= 15 is 0 Å². The summed E-state index contributed by atoms with van der Waals surface area (Å²) < 4.78 is 5.40. The molecule has 0 aliphatic rings. The second-order valence-electron chi connectivity index (χ2n) is 6.36. The topological polar surface area (TPSA) is 65.9 Å². The van der Waals surface area contributed by atoms with Gasteiger partial charge in [0, 0.05) is 26.2 Å². The summed E-state index contributed by atoms with van der Waals surface area (Å²) in [6.45, 7) is 8.98. The van der Waals surface area contributed by atoms with Gasteiger partial charge in [0.2, 0.25) is 0 Å². The first-order valence-corrected chi connectivity index (χ1v) is 9.39. The third kappa shape index (κ3) is 6.94. The first kappa shape index (κ1) is 21.3. The molecule has 0 unspecified atom stereocenters. The zero-order valence-corrected chi connectivity index (χ0v) is 16.3. The van der Waals surface area contributed by atoms with Gasteiger partial charge in [0.1, 0.15) is 5.75 Å². The van der Waals surface area contributed by atoms with Gasteiger partial charge in [-0.3, -0.25) is 4.99 Å². The van der Waals surface area contributed by atoms with Gasteiger partial charge in [-0.15, -0.1) is 0 Å². The number of guanidine groups is 1. The number of hydrogen-bond acceptors (Lipinski definition) is 3. The zero-order chi connectivity index (χ0) is 18.5.